The standard InChI is InChI=1S/C21H22F3N5O3/c1-13-5-3-4-6-15(13)19-25-20(32-27-19)16-12-28(9-10-31-16)18(30)7-8-29-14(2)11-17(26-29)21(22,23)24/h3-6,11,16H,7-10,12H2,1-2H3/t16-/m0/s1. The third-order valence-electron chi connectivity index (χ3n) is 5.33. The molecule has 0 radical (unpaired) electrons. The zero-order valence-electron chi connectivity index (χ0n) is 17.6. The first-order chi connectivity index (χ1) is 15.2. The van der Waals surface area contributed by atoms with E-state index in [9.17, 15) is 18.0 Å². The van der Waals surface area contributed by atoms with Gasteiger partial charge in [-0.1, -0.05) is 29.4 Å². The number of ether oxygens (including phenoxy) is 1. The number of benzene rings is 1. The summed E-state index contributed by atoms with van der Waals surface area (Å²) < 4.78 is 50.8. The Morgan fingerprint density at radius 2 is 2.03 bits per heavy atom. The summed E-state index contributed by atoms with van der Waals surface area (Å²) in [5, 5.41) is 7.59. The molecule has 1 amide bonds. The average molecular weight is 449 g/mol. The van der Waals surface area contributed by atoms with Crippen LogP contribution in [0.4, 0.5) is 13.2 Å². The first-order valence-corrected chi connectivity index (χ1v) is 10.1. The first kappa shape index (κ1) is 22.0. The van der Waals surface area contributed by atoms with E-state index in [4.69, 9.17) is 9.26 Å². The molecule has 1 fully saturated rings. The van der Waals surface area contributed by atoms with E-state index < -0.39 is 18.0 Å². The van der Waals surface area contributed by atoms with Gasteiger partial charge in [0.1, 0.15) is 0 Å². The van der Waals surface area contributed by atoms with Crippen molar-refractivity contribution in [2.24, 2.45) is 0 Å². The molecule has 0 spiro atoms. The maximum absolute atomic E-state index is 12.8. The molecule has 1 atom stereocenters. The topological polar surface area (TPSA) is 86.3 Å². The summed E-state index contributed by atoms with van der Waals surface area (Å²) in [4.78, 5) is 18.7. The zero-order valence-corrected chi connectivity index (χ0v) is 17.6. The average Bonchev–Trinajstić information content (AvgIpc) is 3.39. The SMILES string of the molecule is Cc1ccccc1-c1noc([C@@H]2CN(C(=O)CCn3nc(C(F)(F)F)cc3C)CCO2)n1. The molecule has 0 bridgehead atoms. The minimum Gasteiger partial charge on any atom is -0.365 e. The Bertz CT molecular complexity index is 1110. The summed E-state index contributed by atoms with van der Waals surface area (Å²) in [5.41, 5.74) is 1.23. The van der Waals surface area contributed by atoms with Gasteiger partial charge in [-0.25, -0.2) is 0 Å². The molecule has 1 aliphatic rings. The van der Waals surface area contributed by atoms with Crippen molar-refractivity contribution in [2.45, 2.75) is 39.1 Å². The van der Waals surface area contributed by atoms with Crippen molar-refractivity contribution in [3.05, 3.63) is 53.2 Å². The maximum atomic E-state index is 12.8. The van der Waals surface area contributed by atoms with Crippen molar-refractivity contribution in [2.75, 3.05) is 19.7 Å². The fourth-order valence-corrected chi connectivity index (χ4v) is 3.56. The number of carbonyl (C=O) groups is 1. The molecular formula is C21H22F3N5O3. The minimum atomic E-state index is -4.52. The Hall–Kier alpha value is -3.21. The molecule has 1 aliphatic heterocycles. The van der Waals surface area contributed by atoms with E-state index in [1.54, 1.807) is 4.90 Å². The van der Waals surface area contributed by atoms with Crippen molar-refractivity contribution in [1.29, 1.82) is 0 Å². The second-order valence-electron chi connectivity index (χ2n) is 7.61. The van der Waals surface area contributed by atoms with Crippen LogP contribution in [0, 0.1) is 13.8 Å². The van der Waals surface area contributed by atoms with Crippen LogP contribution in [0.15, 0.2) is 34.9 Å². The number of aryl methyl sites for hydroxylation is 3. The smallest absolute Gasteiger partial charge is 0.365 e. The van der Waals surface area contributed by atoms with Crippen LogP contribution in [0.2, 0.25) is 0 Å². The van der Waals surface area contributed by atoms with Crippen molar-refractivity contribution in [1.82, 2.24) is 24.8 Å². The van der Waals surface area contributed by atoms with Crippen molar-refractivity contribution in [3.8, 4) is 11.4 Å². The third kappa shape index (κ3) is 4.67. The lowest BCUT2D eigenvalue weighted by Crippen LogP contribution is -2.42. The van der Waals surface area contributed by atoms with E-state index >= 15 is 0 Å². The minimum absolute atomic E-state index is 0.0187. The van der Waals surface area contributed by atoms with Crippen LogP contribution >= 0.6 is 0 Å². The Balaban J connectivity index is 1.39. The molecular weight excluding hydrogens is 427 g/mol. The highest BCUT2D eigenvalue weighted by molar-refractivity contribution is 5.76. The summed E-state index contributed by atoms with van der Waals surface area (Å²) >= 11 is 0. The van der Waals surface area contributed by atoms with Crippen LogP contribution in [0.3, 0.4) is 0 Å². The first-order valence-electron chi connectivity index (χ1n) is 10.1. The molecule has 3 aromatic rings. The van der Waals surface area contributed by atoms with Gasteiger partial charge in [-0.15, -0.1) is 0 Å². The molecule has 32 heavy (non-hydrogen) atoms. The number of halogens is 3. The van der Waals surface area contributed by atoms with Crippen molar-refractivity contribution >= 4 is 5.91 Å². The Morgan fingerprint density at radius 1 is 1.25 bits per heavy atom. The quantitative estimate of drug-likeness (QED) is 0.592. The van der Waals surface area contributed by atoms with Crippen LogP contribution in [0.25, 0.3) is 11.4 Å². The molecule has 1 saturated heterocycles. The van der Waals surface area contributed by atoms with Gasteiger partial charge in [0.25, 0.3) is 5.89 Å². The van der Waals surface area contributed by atoms with E-state index in [1.807, 2.05) is 31.2 Å². The fraction of sp³-hybridized carbons (Fsp3) is 0.429. The van der Waals surface area contributed by atoms with Gasteiger partial charge in [0.05, 0.1) is 13.2 Å². The van der Waals surface area contributed by atoms with E-state index in [-0.39, 0.29) is 37.9 Å². The number of nitrogens with zero attached hydrogens (tertiary/aromatic N) is 5. The number of carbonyl (C=O) groups excluding carboxylic acids is 1. The van der Waals surface area contributed by atoms with Crippen LogP contribution < -0.4 is 0 Å². The third-order valence-corrected chi connectivity index (χ3v) is 5.33. The van der Waals surface area contributed by atoms with Crippen LogP contribution in [0.5, 0.6) is 0 Å². The molecule has 0 unspecified atom stereocenters. The van der Waals surface area contributed by atoms with Gasteiger partial charge in [-0.3, -0.25) is 9.48 Å². The summed E-state index contributed by atoms with van der Waals surface area (Å²) in [6.45, 7) is 4.42. The second-order valence-corrected chi connectivity index (χ2v) is 7.61. The Kier molecular flexibility index (Phi) is 6.00. The molecule has 2 aromatic heterocycles. The molecule has 1 aromatic carbocycles. The summed E-state index contributed by atoms with van der Waals surface area (Å²) in [6, 6.07) is 8.61. The van der Waals surface area contributed by atoms with Gasteiger partial charge in [0.2, 0.25) is 11.7 Å². The molecule has 11 heteroatoms. The number of hydrogen-bond donors (Lipinski definition) is 0. The van der Waals surface area contributed by atoms with E-state index in [0.717, 1.165) is 17.2 Å². The number of morpholine rings is 1. The largest absolute Gasteiger partial charge is 0.435 e. The maximum Gasteiger partial charge on any atom is 0.435 e. The number of alkyl halides is 3. The van der Waals surface area contributed by atoms with Gasteiger partial charge < -0.3 is 14.2 Å². The van der Waals surface area contributed by atoms with Gasteiger partial charge in [-0.2, -0.15) is 23.3 Å². The molecule has 0 aliphatic carbocycles. The molecule has 4 rings (SSSR count). The van der Waals surface area contributed by atoms with E-state index in [2.05, 4.69) is 15.2 Å². The van der Waals surface area contributed by atoms with Gasteiger partial charge in [-0.05, 0) is 25.5 Å². The van der Waals surface area contributed by atoms with Crippen LogP contribution in [-0.4, -0.2) is 50.4 Å². The monoisotopic (exact) mass is 449 g/mol. The lowest BCUT2D eigenvalue weighted by molar-refractivity contribution is -0.141. The normalized spacial score (nSPS) is 17.0. The second kappa shape index (κ2) is 8.73. The Labute approximate surface area is 182 Å². The van der Waals surface area contributed by atoms with Crippen molar-refractivity contribution < 1.29 is 27.2 Å². The van der Waals surface area contributed by atoms with E-state index in [0.29, 0.717) is 18.1 Å². The predicted molar refractivity (Wildman–Crippen MR) is 106 cm³/mol. The molecule has 8 nitrogen and oxygen atoms in total. The number of amides is 1. The van der Waals surface area contributed by atoms with Crippen LogP contribution in [0.1, 0.15) is 35.4 Å². The summed E-state index contributed by atoms with van der Waals surface area (Å²) in [6.07, 6.45) is -5.06. The lowest BCUT2D eigenvalue weighted by Gasteiger charge is -2.31. The number of aromatic nitrogens is 4. The van der Waals surface area contributed by atoms with Crippen molar-refractivity contribution in [3.63, 3.8) is 0 Å². The highest BCUT2D eigenvalue weighted by Gasteiger charge is 2.34. The summed E-state index contributed by atoms with van der Waals surface area (Å²) in [7, 11) is 0. The van der Waals surface area contributed by atoms with Gasteiger partial charge >= 0.3 is 6.18 Å². The fourth-order valence-electron chi connectivity index (χ4n) is 3.56. The van der Waals surface area contributed by atoms with Gasteiger partial charge in [0.15, 0.2) is 11.8 Å². The molecule has 3 heterocycles. The van der Waals surface area contributed by atoms with Crippen LogP contribution in [-0.2, 0) is 22.3 Å². The van der Waals surface area contributed by atoms with Gasteiger partial charge in [0, 0.05) is 30.8 Å². The number of rotatable bonds is 5. The lowest BCUT2D eigenvalue weighted by atomic mass is 10.1. The number of hydrogen-bond acceptors (Lipinski definition) is 6. The predicted octanol–water partition coefficient (Wildman–Crippen LogP) is 3.56. The summed E-state index contributed by atoms with van der Waals surface area (Å²) in [5.74, 6) is 0.513. The highest BCUT2D eigenvalue weighted by atomic mass is 19.4. The zero-order chi connectivity index (χ0) is 22.9. The molecule has 0 saturated carbocycles. The highest BCUT2D eigenvalue weighted by Crippen LogP contribution is 2.29. The molecule has 170 valence electrons. The van der Waals surface area contributed by atoms with E-state index in [1.165, 1.54) is 11.6 Å². The Morgan fingerprint density at radius 3 is 2.75 bits per heavy atom. The molecule has 0 N–H and O–H groups in total.